The van der Waals surface area contributed by atoms with E-state index in [1.807, 2.05) is 22.8 Å². The predicted octanol–water partition coefficient (Wildman–Crippen LogP) is -0.219. The number of amides is 2. The molecule has 3 saturated heterocycles. The number of hydrogen-bond donors (Lipinski definition) is 2. The third kappa shape index (κ3) is 3.69. The summed E-state index contributed by atoms with van der Waals surface area (Å²) < 4.78 is 26.7. The van der Waals surface area contributed by atoms with Crippen molar-refractivity contribution >= 4 is 21.8 Å². The first-order valence-corrected chi connectivity index (χ1v) is 13.2. The van der Waals surface area contributed by atoms with Crippen LogP contribution < -0.4 is 10.5 Å². The van der Waals surface area contributed by atoms with E-state index in [1.165, 1.54) is 13.1 Å². The lowest BCUT2D eigenvalue weighted by Gasteiger charge is -2.38. The molecule has 1 aliphatic carbocycles. The molecule has 3 N–H and O–H groups in total. The number of piperidine rings is 1. The summed E-state index contributed by atoms with van der Waals surface area (Å²) in [6.45, 7) is 2.81. The van der Waals surface area contributed by atoms with E-state index in [2.05, 4.69) is 10.8 Å². The number of nitrogens with one attached hydrogen (secondary N) is 1. The SMILES string of the molecule is CNS(=O)(=O)c1cccc([C@H](C)N2C(=O)[C@@H]3C[C@H]2CN3C[C@H](N)C(=O)N2[C@H](C#N)CC3C[C@@H]32)c1. The Morgan fingerprint density at radius 2 is 2.09 bits per heavy atom. The van der Waals surface area contributed by atoms with Gasteiger partial charge >= 0.3 is 0 Å². The Kier molecular flexibility index (Phi) is 5.67. The molecule has 10 nitrogen and oxygen atoms in total. The highest BCUT2D eigenvalue weighted by Gasteiger charge is 2.56. The van der Waals surface area contributed by atoms with Crippen molar-refractivity contribution in [1.82, 2.24) is 19.4 Å². The Hall–Kier alpha value is -2.52. The summed E-state index contributed by atoms with van der Waals surface area (Å²) in [6, 6.07) is 7.23. The van der Waals surface area contributed by atoms with Crippen molar-refractivity contribution in [3.63, 3.8) is 0 Å². The molecule has 2 amide bonds. The Morgan fingerprint density at radius 1 is 1.32 bits per heavy atom. The molecule has 1 saturated carbocycles. The average Bonchev–Trinajstić information content (AvgIpc) is 3.15. The molecule has 3 aliphatic heterocycles. The Morgan fingerprint density at radius 3 is 2.76 bits per heavy atom. The van der Waals surface area contributed by atoms with Gasteiger partial charge in [0.05, 0.1) is 29.1 Å². The highest BCUT2D eigenvalue weighted by molar-refractivity contribution is 7.89. The lowest BCUT2D eigenvalue weighted by Crippen LogP contribution is -2.57. The fraction of sp³-hybridized carbons (Fsp3) is 0.609. The van der Waals surface area contributed by atoms with E-state index in [-0.39, 0.29) is 47.4 Å². The molecule has 1 aromatic rings. The number of nitrogens with zero attached hydrogens (tertiary/aromatic N) is 4. The minimum Gasteiger partial charge on any atom is -0.330 e. The van der Waals surface area contributed by atoms with Crippen LogP contribution >= 0.6 is 0 Å². The van der Waals surface area contributed by atoms with Gasteiger partial charge in [0.1, 0.15) is 6.04 Å². The van der Waals surface area contributed by atoms with Crippen LogP contribution in [0, 0.1) is 17.2 Å². The number of rotatable bonds is 7. The fourth-order valence-corrected chi connectivity index (χ4v) is 6.81. The summed E-state index contributed by atoms with van der Waals surface area (Å²) in [7, 11) is -2.21. The Balaban J connectivity index is 1.25. The smallest absolute Gasteiger partial charge is 0.242 e. The topological polar surface area (TPSA) is 140 Å². The van der Waals surface area contributed by atoms with Gasteiger partial charge in [-0.1, -0.05) is 12.1 Å². The third-order valence-corrected chi connectivity index (χ3v) is 9.32. The molecule has 1 aromatic carbocycles. The second kappa shape index (κ2) is 8.30. The molecule has 2 bridgehead atoms. The second-order valence-electron chi connectivity index (χ2n) is 9.86. The van der Waals surface area contributed by atoms with Gasteiger partial charge in [0, 0.05) is 25.2 Å². The maximum atomic E-state index is 13.3. The number of piperazine rings is 1. The fourth-order valence-electron chi connectivity index (χ4n) is 6.03. The monoisotopic (exact) mass is 486 g/mol. The van der Waals surface area contributed by atoms with Gasteiger partial charge in [-0.2, -0.15) is 5.26 Å². The van der Waals surface area contributed by atoms with E-state index >= 15 is 0 Å². The van der Waals surface area contributed by atoms with Crippen LogP contribution in [0.5, 0.6) is 0 Å². The van der Waals surface area contributed by atoms with Gasteiger partial charge in [0.2, 0.25) is 21.8 Å². The Labute approximate surface area is 199 Å². The van der Waals surface area contributed by atoms with E-state index in [9.17, 15) is 23.3 Å². The van der Waals surface area contributed by atoms with Crippen molar-refractivity contribution in [2.24, 2.45) is 11.7 Å². The minimum absolute atomic E-state index is 0.0224. The highest BCUT2D eigenvalue weighted by Crippen LogP contribution is 2.48. The molecule has 0 spiro atoms. The van der Waals surface area contributed by atoms with Crippen molar-refractivity contribution in [1.29, 1.82) is 5.26 Å². The number of sulfonamides is 1. The summed E-state index contributed by atoms with van der Waals surface area (Å²) in [5.74, 6) is 0.213. The number of benzene rings is 1. The molecular formula is C23H30N6O4S. The molecule has 4 fully saturated rings. The van der Waals surface area contributed by atoms with E-state index in [0.717, 1.165) is 18.4 Å². The zero-order valence-corrected chi connectivity index (χ0v) is 20.1. The standard InChI is InChI=1S/C23H30N6O4S/c1-13(14-4-3-5-18(7-14)34(32,33)26-2)28-17-9-21(23(28)31)27(11-17)12-19(25)22(30)29-16(10-24)6-15-8-20(15)29/h3-5,7,13,15-17,19-21,26H,6,8-9,11-12,25H2,1-2H3/t13-,15?,16-,17-,19-,20-,21-/m0/s1. The quantitative estimate of drug-likeness (QED) is 0.543. The number of nitrogens with two attached hydrogens (primary N) is 1. The predicted molar refractivity (Wildman–Crippen MR) is 122 cm³/mol. The van der Waals surface area contributed by atoms with Crippen molar-refractivity contribution in [3.05, 3.63) is 29.8 Å². The van der Waals surface area contributed by atoms with Crippen LogP contribution in [-0.4, -0.2) is 85.3 Å². The second-order valence-corrected chi connectivity index (χ2v) is 11.7. The first-order chi connectivity index (χ1) is 16.2. The largest absolute Gasteiger partial charge is 0.330 e. The van der Waals surface area contributed by atoms with Crippen LogP contribution in [0.4, 0.5) is 0 Å². The molecule has 1 unspecified atom stereocenters. The van der Waals surface area contributed by atoms with Crippen molar-refractivity contribution in [2.45, 2.75) is 67.3 Å². The molecule has 4 aliphatic rings. The number of fused-ring (bicyclic) bond motifs is 3. The zero-order chi connectivity index (χ0) is 24.4. The normalized spacial score (nSPS) is 31.9. The van der Waals surface area contributed by atoms with Crippen LogP contribution in [0.15, 0.2) is 29.2 Å². The van der Waals surface area contributed by atoms with Crippen LogP contribution in [0.2, 0.25) is 0 Å². The summed E-state index contributed by atoms with van der Waals surface area (Å²) in [5, 5.41) is 9.38. The van der Waals surface area contributed by atoms with Gasteiger partial charge in [-0.15, -0.1) is 0 Å². The molecule has 3 heterocycles. The highest BCUT2D eigenvalue weighted by atomic mass is 32.2. The van der Waals surface area contributed by atoms with E-state index in [4.69, 9.17) is 5.73 Å². The third-order valence-electron chi connectivity index (χ3n) is 7.91. The van der Waals surface area contributed by atoms with Crippen molar-refractivity contribution in [3.8, 4) is 6.07 Å². The summed E-state index contributed by atoms with van der Waals surface area (Å²) in [4.78, 5) is 31.9. The van der Waals surface area contributed by atoms with Crippen LogP contribution in [0.1, 0.15) is 37.8 Å². The number of carbonyl (C=O) groups excluding carboxylic acids is 2. The minimum atomic E-state index is -3.58. The lowest BCUT2D eigenvalue weighted by atomic mass is 10.1. The number of likely N-dealkylation sites (tertiary alicyclic amines) is 3. The van der Waals surface area contributed by atoms with Gasteiger partial charge in [0.15, 0.2) is 0 Å². The first kappa shape index (κ1) is 23.2. The number of carbonyl (C=O) groups is 2. The van der Waals surface area contributed by atoms with E-state index in [1.54, 1.807) is 17.0 Å². The summed E-state index contributed by atoms with van der Waals surface area (Å²) in [5.41, 5.74) is 7.03. The molecule has 182 valence electrons. The van der Waals surface area contributed by atoms with Gasteiger partial charge in [-0.05, 0) is 56.8 Å². The van der Waals surface area contributed by atoms with E-state index < -0.39 is 22.1 Å². The molecule has 7 atom stereocenters. The zero-order valence-electron chi connectivity index (χ0n) is 19.3. The summed E-state index contributed by atoms with van der Waals surface area (Å²) in [6.07, 6.45) is 2.34. The maximum absolute atomic E-state index is 13.3. The van der Waals surface area contributed by atoms with Gasteiger partial charge in [-0.3, -0.25) is 14.5 Å². The van der Waals surface area contributed by atoms with Gasteiger partial charge < -0.3 is 15.5 Å². The number of nitriles is 1. The van der Waals surface area contributed by atoms with Crippen molar-refractivity contribution in [2.75, 3.05) is 20.1 Å². The van der Waals surface area contributed by atoms with E-state index in [0.29, 0.717) is 18.9 Å². The molecule has 11 heteroatoms. The molecule has 34 heavy (non-hydrogen) atoms. The molecule has 5 rings (SSSR count). The lowest BCUT2D eigenvalue weighted by molar-refractivity contribution is -0.141. The first-order valence-electron chi connectivity index (χ1n) is 11.7. The molecular weight excluding hydrogens is 456 g/mol. The van der Waals surface area contributed by atoms with Crippen LogP contribution in [0.3, 0.4) is 0 Å². The molecule has 0 radical (unpaired) electrons. The van der Waals surface area contributed by atoms with Crippen molar-refractivity contribution < 1.29 is 18.0 Å². The average molecular weight is 487 g/mol. The van der Waals surface area contributed by atoms with Crippen LogP contribution in [0.25, 0.3) is 0 Å². The Bertz CT molecular complexity index is 1170. The maximum Gasteiger partial charge on any atom is 0.242 e. The number of hydrogen-bond acceptors (Lipinski definition) is 7. The summed E-state index contributed by atoms with van der Waals surface area (Å²) >= 11 is 0. The van der Waals surface area contributed by atoms with Gasteiger partial charge in [0.25, 0.3) is 0 Å². The van der Waals surface area contributed by atoms with Gasteiger partial charge in [-0.25, -0.2) is 13.1 Å². The van der Waals surface area contributed by atoms with Crippen LogP contribution in [-0.2, 0) is 19.6 Å². The molecule has 0 aromatic heterocycles.